The molecular formula is C11H22N2O2. The van der Waals surface area contributed by atoms with Crippen LogP contribution < -0.4 is 5.32 Å². The van der Waals surface area contributed by atoms with Gasteiger partial charge in [-0.3, -0.25) is 0 Å². The zero-order valence-corrected chi connectivity index (χ0v) is 9.92. The lowest BCUT2D eigenvalue weighted by Gasteiger charge is -2.25. The topological polar surface area (TPSA) is 65.3 Å². The highest BCUT2D eigenvalue weighted by Gasteiger charge is 2.20. The van der Waals surface area contributed by atoms with Crippen LogP contribution in [0.4, 0.5) is 0 Å². The summed E-state index contributed by atoms with van der Waals surface area (Å²) in [5, 5.41) is 21.7. The summed E-state index contributed by atoms with van der Waals surface area (Å²) in [7, 11) is 1.62. The van der Waals surface area contributed by atoms with Gasteiger partial charge in [-0.1, -0.05) is 6.92 Å². The predicted molar refractivity (Wildman–Crippen MR) is 59.4 cm³/mol. The molecule has 0 aromatic heterocycles. The number of ether oxygens (including phenoxy) is 1. The minimum Gasteiger partial charge on any atom is -0.389 e. The molecule has 0 saturated carbocycles. The number of aliphatic hydroxyl groups is 1. The highest BCUT2D eigenvalue weighted by Crippen LogP contribution is 2.09. The highest BCUT2D eigenvalue weighted by atomic mass is 16.5. The van der Waals surface area contributed by atoms with Crippen LogP contribution in [0.25, 0.3) is 0 Å². The Labute approximate surface area is 92.2 Å². The van der Waals surface area contributed by atoms with E-state index in [-0.39, 0.29) is 6.04 Å². The van der Waals surface area contributed by atoms with E-state index in [1.54, 1.807) is 14.0 Å². The molecule has 0 saturated heterocycles. The van der Waals surface area contributed by atoms with Gasteiger partial charge in [-0.15, -0.1) is 0 Å². The molecular weight excluding hydrogens is 192 g/mol. The lowest BCUT2D eigenvalue weighted by molar-refractivity contribution is 0.0227. The van der Waals surface area contributed by atoms with E-state index in [9.17, 15) is 5.11 Å². The van der Waals surface area contributed by atoms with Crippen molar-refractivity contribution < 1.29 is 9.84 Å². The summed E-state index contributed by atoms with van der Waals surface area (Å²) in [5.74, 6) is 0. The van der Waals surface area contributed by atoms with Crippen LogP contribution >= 0.6 is 0 Å². The SMILES string of the molecule is CCC(CC#N)NCC(C)(O)CCOC. The molecule has 15 heavy (non-hydrogen) atoms. The van der Waals surface area contributed by atoms with Crippen molar-refractivity contribution in [1.29, 1.82) is 5.26 Å². The molecule has 0 rings (SSSR count). The van der Waals surface area contributed by atoms with Gasteiger partial charge >= 0.3 is 0 Å². The average Bonchev–Trinajstić information content (AvgIpc) is 2.21. The second-order valence-electron chi connectivity index (χ2n) is 4.09. The molecule has 2 atom stereocenters. The first-order valence-corrected chi connectivity index (χ1v) is 5.37. The molecule has 4 nitrogen and oxygen atoms in total. The number of rotatable bonds is 8. The summed E-state index contributed by atoms with van der Waals surface area (Å²) in [6.45, 7) is 4.84. The van der Waals surface area contributed by atoms with Crippen LogP contribution in [0.2, 0.25) is 0 Å². The molecule has 2 unspecified atom stereocenters. The standard InChI is InChI=1S/C11H22N2O2/c1-4-10(5-7-12)13-9-11(2,14)6-8-15-3/h10,13-14H,4-6,8-9H2,1-3H3. The van der Waals surface area contributed by atoms with E-state index in [1.807, 2.05) is 6.92 Å². The molecule has 0 heterocycles. The number of methoxy groups -OCH3 is 1. The van der Waals surface area contributed by atoms with Crippen LogP contribution in [0, 0.1) is 11.3 Å². The Bertz CT molecular complexity index is 199. The van der Waals surface area contributed by atoms with Crippen LogP contribution in [0.3, 0.4) is 0 Å². The zero-order chi connectivity index (χ0) is 11.7. The Morgan fingerprint density at radius 2 is 2.27 bits per heavy atom. The smallest absolute Gasteiger partial charge is 0.0765 e. The van der Waals surface area contributed by atoms with Crippen molar-refractivity contribution in [3.63, 3.8) is 0 Å². The summed E-state index contributed by atoms with van der Waals surface area (Å²) >= 11 is 0. The first-order valence-electron chi connectivity index (χ1n) is 5.37. The lowest BCUT2D eigenvalue weighted by atomic mass is 10.0. The van der Waals surface area contributed by atoms with Crippen LogP contribution in [-0.2, 0) is 4.74 Å². The number of hydrogen-bond acceptors (Lipinski definition) is 4. The van der Waals surface area contributed by atoms with Gasteiger partial charge < -0.3 is 15.2 Å². The number of nitrogens with one attached hydrogen (secondary N) is 1. The van der Waals surface area contributed by atoms with Gasteiger partial charge in [0.25, 0.3) is 0 Å². The monoisotopic (exact) mass is 214 g/mol. The van der Waals surface area contributed by atoms with Gasteiger partial charge in [-0.05, 0) is 13.3 Å². The fourth-order valence-corrected chi connectivity index (χ4v) is 1.25. The number of nitriles is 1. The molecule has 4 heteroatoms. The van der Waals surface area contributed by atoms with Crippen molar-refractivity contribution >= 4 is 0 Å². The number of hydrogen-bond donors (Lipinski definition) is 2. The molecule has 0 aliphatic carbocycles. The second kappa shape index (κ2) is 7.63. The van der Waals surface area contributed by atoms with Crippen molar-refractivity contribution in [1.82, 2.24) is 5.32 Å². The van der Waals surface area contributed by atoms with Gasteiger partial charge in [-0.25, -0.2) is 0 Å². The average molecular weight is 214 g/mol. The van der Waals surface area contributed by atoms with Gasteiger partial charge in [0.2, 0.25) is 0 Å². The fourth-order valence-electron chi connectivity index (χ4n) is 1.25. The summed E-state index contributed by atoms with van der Waals surface area (Å²) in [5.41, 5.74) is -0.765. The molecule has 0 radical (unpaired) electrons. The molecule has 0 aromatic rings. The zero-order valence-electron chi connectivity index (χ0n) is 9.92. The van der Waals surface area contributed by atoms with E-state index in [2.05, 4.69) is 11.4 Å². The van der Waals surface area contributed by atoms with Gasteiger partial charge in [0.1, 0.15) is 0 Å². The first kappa shape index (κ1) is 14.4. The maximum absolute atomic E-state index is 9.93. The molecule has 0 aromatic carbocycles. The Kier molecular flexibility index (Phi) is 7.31. The van der Waals surface area contributed by atoms with Gasteiger partial charge in [0.05, 0.1) is 18.1 Å². The first-order chi connectivity index (χ1) is 7.05. The largest absolute Gasteiger partial charge is 0.389 e. The quantitative estimate of drug-likeness (QED) is 0.634. The van der Waals surface area contributed by atoms with Crippen molar-refractivity contribution in [3.8, 4) is 6.07 Å². The van der Waals surface area contributed by atoms with Crippen LogP contribution in [0.15, 0.2) is 0 Å². The van der Waals surface area contributed by atoms with Gasteiger partial charge in [-0.2, -0.15) is 5.26 Å². The molecule has 0 bridgehead atoms. The van der Waals surface area contributed by atoms with Crippen molar-refractivity contribution in [2.24, 2.45) is 0 Å². The van der Waals surface area contributed by atoms with Crippen molar-refractivity contribution in [3.05, 3.63) is 0 Å². The molecule has 0 aliphatic rings. The predicted octanol–water partition coefficient (Wildman–Crippen LogP) is 1.06. The Balaban J connectivity index is 3.84. The summed E-state index contributed by atoms with van der Waals surface area (Å²) in [6.07, 6.45) is 1.98. The van der Waals surface area contributed by atoms with Crippen molar-refractivity contribution in [2.75, 3.05) is 20.3 Å². The summed E-state index contributed by atoms with van der Waals surface area (Å²) in [6, 6.07) is 2.30. The van der Waals surface area contributed by atoms with Crippen molar-refractivity contribution in [2.45, 2.75) is 44.8 Å². The minimum absolute atomic E-state index is 0.170. The van der Waals surface area contributed by atoms with E-state index >= 15 is 0 Å². The Hall–Kier alpha value is -0.630. The van der Waals surface area contributed by atoms with E-state index in [4.69, 9.17) is 10.00 Å². The van der Waals surface area contributed by atoms with E-state index in [0.29, 0.717) is 26.0 Å². The third kappa shape index (κ3) is 7.32. The molecule has 0 fully saturated rings. The van der Waals surface area contributed by atoms with Gasteiger partial charge in [0.15, 0.2) is 0 Å². The normalized spacial score (nSPS) is 16.7. The van der Waals surface area contributed by atoms with Crippen LogP contribution in [-0.4, -0.2) is 37.0 Å². The molecule has 0 amide bonds. The summed E-state index contributed by atoms with van der Waals surface area (Å²) < 4.78 is 4.92. The summed E-state index contributed by atoms with van der Waals surface area (Å²) in [4.78, 5) is 0. The molecule has 2 N–H and O–H groups in total. The fraction of sp³-hybridized carbons (Fsp3) is 0.909. The second-order valence-corrected chi connectivity index (χ2v) is 4.09. The third-order valence-electron chi connectivity index (χ3n) is 2.45. The Morgan fingerprint density at radius 1 is 1.60 bits per heavy atom. The van der Waals surface area contributed by atoms with E-state index in [0.717, 1.165) is 6.42 Å². The molecule has 88 valence electrons. The third-order valence-corrected chi connectivity index (χ3v) is 2.45. The van der Waals surface area contributed by atoms with Crippen LogP contribution in [0.5, 0.6) is 0 Å². The lowest BCUT2D eigenvalue weighted by Crippen LogP contribution is -2.43. The van der Waals surface area contributed by atoms with Crippen LogP contribution in [0.1, 0.15) is 33.1 Å². The van der Waals surface area contributed by atoms with Gasteiger partial charge in [0, 0.05) is 32.7 Å². The maximum Gasteiger partial charge on any atom is 0.0765 e. The maximum atomic E-state index is 9.93. The molecule has 0 aliphatic heterocycles. The highest BCUT2D eigenvalue weighted by molar-refractivity contribution is 4.83. The number of nitrogens with zero attached hydrogens (tertiary/aromatic N) is 1. The van der Waals surface area contributed by atoms with E-state index < -0.39 is 5.60 Å². The van der Waals surface area contributed by atoms with E-state index in [1.165, 1.54) is 0 Å². The molecule has 0 spiro atoms. The minimum atomic E-state index is -0.765. The Morgan fingerprint density at radius 3 is 2.73 bits per heavy atom.